The molecule has 1 aromatic heterocycles. The molecule has 0 aliphatic carbocycles. The van der Waals surface area contributed by atoms with Crippen LogP contribution < -0.4 is 11.3 Å². The highest BCUT2D eigenvalue weighted by Crippen LogP contribution is 2.30. The van der Waals surface area contributed by atoms with Crippen LogP contribution in [0.25, 0.3) is 0 Å². The van der Waals surface area contributed by atoms with Gasteiger partial charge < -0.3 is 0 Å². The largest absolute Gasteiger partial charge is 0.271 e. The molecular formula is C12H10BrFIN3. The van der Waals surface area contributed by atoms with Crippen LogP contribution in [0.4, 0.5) is 4.39 Å². The van der Waals surface area contributed by atoms with Crippen molar-refractivity contribution >= 4 is 38.5 Å². The maximum atomic E-state index is 13.8. The summed E-state index contributed by atoms with van der Waals surface area (Å²) in [6.07, 6.45) is 2.73. The Bertz CT molecular complexity index is 565. The van der Waals surface area contributed by atoms with E-state index in [9.17, 15) is 4.39 Å². The van der Waals surface area contributed by atoms with Crippen LogP contribution in [0.3, 0.4) is 0 Å². The lowest BCUT2D eigenvalue weighted by Gasteiger charge is -2.19. The standard InChI is InChI=1S/C12H10BrFIN3/c13-10-2-1-7(15)5-9(10)12(18-16)8-3-4-17-6-11(8)14/h1-6,12,18H,16H2. The lowest BCUT2D eigenvalue weighted by Crippen LogP contribution is -2.30. The predicted octanol–water partition coefficient (Wildman–Crippen LogP) is 3.14. The Labute approximate surface area is 126 Å². The Morgan fingerprint density at radius 3 is 2.78 bits per heavy atom. The second kappa shape index (κ2) is 6.05. The first-order chi connectivity index (χ1) is 8.63. The van der Waals surface area contributed by atoms with Gasteiger partial charge in [-0.1, -0.05) is 15.9 Å². The van der Waals surface area contributed by atoms with Gasteiger partial charge in [-0.3, -0.25) is 10.8 Å². The van der Waals surface area contributed by atoms with E-state index in [0.717, 1.165) is 13.6 Å². The molecule has 1 aromatic carbocycles. The predicted molar refractivity (Wildman–Crippen MR) is 80.2 cm³/mol. The van der Waals surface area contributed by atoms with Crippen molar-refractivity contribution in [2.45, 2.75) is 6.04 Å². The van der Waals surface area contributed by atoms with Crippen LogP contribution in [0.1, 0.15) is 17.2 Å². The molecule has 2 aromatic rings. The van der Waals surface area contributed by atoms with E-state index in [4.69, 9.17) is 5.84 Å². The highest BCUT2D eigenvalue weighted by Gasteiger charge is 2.19. The smallest absolute Gasteiger partial charge is 0.146 e. The van der Waals surface area contributed by atoms with Crippen LogP contribution in [-0.4, -0.2) is 4.98 Å². The minimum absolute atomic E-state index is 0.383. The van der Waals surface area contributed by atoms with Crippen LogP contribution in [0.15, 0.2) is 41.1 Å². The van der Waals surface area contributed by atoms with Crippen molar-refractivity contribution in [1.82, 2.24) is 10.4 Å². The second-order valence-electron chi connectivity index (χ2n) is 3.66. The molecule has 3 N–H and O–H groups in total. The van der Waals surface area contributed by atoms with Gasteiger partial charge in [0, 0.05) is 19.8 Å². The first kappa shape index (κ1) is 13.9. The highest BCUT2D eigenvalue weighted by molar-refractivity contribution is 14.1. The molecule has 0 radical (unpaired) electrons. The fourth-order valence-electron chi connectivity index (χ4n) is 1.70. The summed E-state index contributed by atoms with van der Waals surface area (Å²) in [5.41, 5.74) is 3.99. The number of hydrazine groups is 1. The van der Waals surface area contributed by atoms with Crippen LogP contribution >= 0.6 is 38.5 Å². The first-order valence-corrected chi connectivity index (χ1v) is 7.01. The van der Waals surface area contributed by atoms with Gasteiger partial charge in [-0.2, -0.15) is 0 Å². The minimum atomic E-state index is -0.419. The molecule has 0 saturated carbocycles. The number of hydrogen-bond acceptors (Lipinski definition) is 3. The molecule has 0 amide bonds. The summed E-state index contributed by atoms with van der Waals surface area (Å²) in [4.78, 5) is 3.74. The molecule has 0 aliphatic rings. The van der Waals surface area contributed by atoms with Crippen LogP contribution in [0.5, 0.6) is 0 Å². The van der Waals surface area contributed by atoms with Crippen molar-refractivity contribution in [2.24, 2.45) is 5.84 Å². The van der Waals surface area contributed by atoms with E-state index < -0.39 is 6.04 Å². The van der Waals surface area contributed by atoms with Crippen molar-refractivity contribution in [2.75, 3.05) is 0 Å². The maximum Gasteiger partial charge on any atom is 0.146 e. The molecule has 0 aliphatic heterocycles. The summed E-state index contributed by atoms with van der Waals surface area (Å²) in [5, 5.41) is 0. The third-order valence-electron chi connectivity index (χ3n) is 2.55. The molecular weight excluding hydrogens is 412 g/mol. The number of rotatable bonds is 3. The zero-order valence-corrected chi connectivity index (χ0v) is 12.9. The van der Waals surface area contributed by atoms with Crippen LogP contribution in [0, 0.1) is 9.39 Å². The average Bonchev–Trinajstić information content (AvgIpc) is 2.36. The Hall–Kier alpha value is -0.570. The summed E-state index contributed by atoms with van der Waals surface area (Å²) in [5.74, 6) is 5.18. The third-order valence-corrected chi connectivity index (χ3v) is 3.94. The summed E-state index contributed by atoms with van der Waals surface area (Å²) in [7, 11) is 0. The average molecular weight is 422 g/mol. The first-order valence-electron chi connectivity index (χ1n) is 5.14. The molecule has 0 spiro atoms. The van der Waals surface area contributed by atoms with E-state index in [2.05, 4.69) is 48.9 Å². The molecule has 3 nitrogen and oxygen atoms in total. The van der Waals surface area contributed by atoms with Gasteiger partial charge >= 0.3 is 0 Å². The molecule has 0 saturated heterocycles. The third kappa shape index (κ3) is 2.87. The Morgan fingerprint density at radius 1 is 1.33 bits per heavy atom. The molecule has 6 heteroatoms. The fourth-order valence-corrected chi connectivity index (χ4v) is 2.69. The quantitative estimate of drug-likeness (QED) is 0.454. The van der Waals surface area contributed by atoms with Crippen LogP contribution in [-0.2, 0) is 0 Å². The van der Waals surface area contributed by atoms with Gasteiger partial charge in [0.05, 0.1) is 12.2 Å². The fraction of sp³-hybridized carbons (Fsp3) is 0.0833. The molecule has 94 valence electrons. The number of aromatic nitrogens is 1. The monoisotopic (exact) mass is 421 g/mol. The Morgan fingerprint density at radius 2 is 2.11 bits per heavy atom. The molecule has 1 atom stereocenters. The molecule has 1 unspecified atom stereocenters. The van der Waals surface area contributed by atoms with E-state index in [1.165, 1.54) is 6.20 Å². The zero-order valence-electron chi connectivity index (χ0n) is 9.20. The normalized spacial score (nSPS) is 12.4. The summed E-state index contributed by atoms with van der Waals surface area (Å²) in [6.45, 7) is 0. The second-order valence-corrected chi connectivity index (χ2v) is 5.76. The summed E-state index contributed by atoms with van der Waals surface area (Å²) in [6, 6.07) is 7.03. The number of nitrogens with zero attached hydrogens (tertiary/aromatic N) is 1. The number of nitrogens with one attached hydrogen (secondary N) is 1. The van der Waals surface area contributed by atoms with E-state index in [0.29, 0.717) is 5.56 Å². The van der Waals surface area contributed by atoms with Crippen molar-refractivity contribution in [3.63, 3.8) is 0 Å². The molecule has 18 heavy (non-hydrogen) atoms. The van der Waals surface area contributed by atoms with Gasteiger partial charge in [0.25, 0.3) is 0 Å². The number of halogens is 3. The van der Waals surface area contributed by atoms with E-state index in [1.807, 2.05) is 18.2 Å². The Kier molecular flexibility index (Phi) is 4.66. The zero-order chi connectivity index (χ0) is 13.1. The SMILES string of the molecule is NNC(c1ccncc1F)c1cc(I)ccc1Br. The molecule has 2 rings (SSSR count). The van der Waals surface area contributed by atoms with Gasteiger partial charge in [0.15, 0.2) is 0 Å². The Balaban J connectivity index is 2.52. The molecule has 0 fully saturated rings. The lowest BCUT2D eigenvalue weighted by molar-refractivity contribution is 0.554. The van der Waals surface area contributed by atoms with Gasteiger partial charge in [-0.05, 0) is 52.4 Å². The van der Waals surface area contributed by atoms with Gasteiger partial charge in [-0.15, -0.1) is 0 Å². The summed E-state index contributed by atoms with van der Waals surface area (Å²) >= 11 is 5.66. The van der Waals surface area contributed by atoms with E-state index in [-0.39, 0.29) is 5.82 Å². The topological polar surface area (TPSA) is 50.9 Å². The van der Waals surface area contributed by atoms with Crippen LogP contribution in [0.2, 0.25) is 0 Å². The number of hydrogen-bond donors (Lipinski definition) is 2. The maximum absolute atomic E-state index is 13.8. The van der Waals surface area contributed by atoms with Gasteiger partial charge in [0.2, 0.25) is 0 Å². The lowest BCUT2D eigenvalue weighted by atomic mass is 10.00. The van der Waals surface area contributed by atoms with Gasteiger partial charge in [0.1, 0.15) is 5.82 Å². The molecule has 0 bridgehead atoms. The minimum Gasteiger partial charge on any atom is -0.271 e. The molecule has 1 heterocycles. The van der Waals surface area contributed by atoms with Crippen molar-refractivity contribution in [1.29, 1.82) is 0 Å². The van der Waals surface area contributed by atoms with E-state index in [1.54, 1.807) is 12.3 Å². The van der Waals surface area contributed by atoms with E-state index >= 15 is 0 Å². The summed E-state index contributed by atoms with van der Waals surface area (Å²) < 4.78 is 15.7. The van der Waals surface area contributed by atoms with Gasteiger partial charge in [-0.25, -0.2) is 9.82 Å². The number of benzene rings is 1. The number of pyridine rings is 1. The van der Waals surface area contributed by atoms with Crippen molar-refractivity contribution in [3.8, 4) is 0 Å². The highest BCUT2D eigenvalue weighted by atomic mass is 127. The van der Waals surface area contributed by atoms with Crippen molar-refractivity contribution in [3.05, 3.63) is 61.6 Å². The van der Waals surface area contributed by atoms with Crippen molar-refractivity contribution < 1.29 is 4.39 Å². The number of nitrogens with two attached hydrogens (primary N) is 1.